The molecule has 0 spiro atoms. The van der Waals surface area contributed by atoms with Gasteiger partial charge in [-0.15, -0.1) is 0 Å². The molecule has 0 bridgehead atoms. The van der Waals surface area contributed by atoms with E-state index in [2.05, 4.69) is 31.2 Å². The van der Waals surface area contributed by atoms with Gasteiger partial charge in [-0.3, -0.25) is 0 Å². The van der Waals surface area contributed by atoms with E-state index >= 15 is 0 Å². The van der Waals surface area contributed by atoms with Crippen LogP contribution in [-0.2, 0) is 16.6 Å². The van der Waals surface area contributed by atoms with Gasteiger partial charge in [0.2, 0.25) is 10.0 Å². The molecule has 2 aliphatic rings. The highest BCUT2D eigenvalue weighted by molar-refractivity contribution is 7.89. The number of urea groups is 1. The smallest absolute Gasteiger partial charge is 0.320 e. The molecular weight excluding hydrogens is 422 g/mol. The number of carbonyl (C=O) groups excluding carboxylic acids is 1. The Balaban J connectivity index is 1.39. The molecule has 0 aromatic heterocycles. The number of hydrogen-bond donors (Lipinski definition) is 0. The average molecular weight is 456 g/mol. The lowest BCUT2D eigenvalue weighted by Crippen LogP contribution is -2.48. The van der Waals surface area contributed by atoms with E-state index in [0.717, 1.165) is 22.3 Å². The summed E-state index contributed by atoms with van der Waals surface area (Å²) in [4.78, 5) is 17.3. The zero-order valence-electron chi connectivity index (χ0n) is 19.5. The molecule has 6 nitrogen and oxygen atoms in total. The van der Waals surface area contributed by atoms with Crippen molar-refractivity contribution in [3.63, 3.8) is 0 Å². The van der Waals surface area contributed by atoms with Gasteiger partial charge in [-0.2, -0.15) is 4.31 Å². The van der Waals surface area contributed by atoms with Crippen LogP contribution in [-0.4, -0.2) is 60.8 Å². The molecule has 4 rings (SSSR count). The minimum absolute atomic E-state index is 0.0666. The third kappa shape index (κ3) is 4.41. The Hall–Kier alpha value is -2.38. The van der Waals surface area contributed by atoms with Gasteiger partial charge in [-0.05, 0) is 68.9 Å². The first kappa shape index (κ1) is 22.8. The highest BCUT2D eigenvalue weighted by Crippen LogP contribution is 2.28. The summed E-state index contributed by atoms with van der Waals surface area (Å²) in [5.41, 5.74) is 5.22. The Bertz CT molecular complexity index is 1100. The molecule has 2 aromatic carbocycles. The molecule has 0 aliphatic carbocycles. The van der Waals surface area contributed by atoms with E-state index in [1.807, 2.05) is 36.6 Å². The van der Waals surface area contributed by atoms with Gasteiger partial charge >= 0.3 is 6.03 Å². The maximum Gasteiger partial charge on any atom is 0.320 e. The van der Waals surface area contributed by atoms with E-state index in [9.17, 15) is 13.2 Å². The number of carbonyl (C=O) groups is 1. The molecular formula is C25H33N3O3S. The number of sulfonamides is 1. The van der Waals surface area contributed by atoms with Crippen LogP contribution >= 0.6 is 0 Å². The lowest BCUT2D eigenvalue weighted by atomic mass is 10.1. The Morgan fingerprint density at radius 2 is 1.47 bits per heavy atom. The minimum Gasteiger partial charge on any atom is -0.320 e. The number of aryl methyl sites for hydroxylation is 4. The van der Waals surface area contributed by atoms with Crippen molar-refractivity contribution in [2.75, 3.05) is 26.2 Å². The Morgan fingerprint density at radius 1 is 0.844 bits per heavy atom. The van der Waals surface area contributed by atoms with Crippen LogP contribution in [0.15, 0.2) is 41.3 Å². The predicted octanol–water partition coefficient (Wildman–Crippen LogP) is 4.01. The minimum atomic E-state index is -3.53. The zero-order valence-corrected chi connectivity index (χ0v) is 20.3. The standard InChI is InChI=1S/C25H33N3O3S/c1-18-5-7-22(8-6-18)17-26-13-14-28(25(26)29)23-9-11-27(12-10-23)32(30,31)24-16-20(3)19(2)15-21(24)4/h5-8,15-16,23H,9-14,17H2,1-4H3. The molecule has 0 unspecified atom stereocenters. The lowest BCUT2D eigenvalue weighted by Gasteiger charge is -2.36. The number of amides is 2. The molecule has 2 heterocycles. The molecule has 2 aliphatic heterocycles. The molecule has 0 radical (unpaired) electrons. The second kappa shape index (κ2) is 8.87. The molecule has 2 amide bonds. The van der Waals surface area contributed by atoms with Gasteiger partial charge in [-0.1, -0.05) is 35.9 Å². The summed E-state index contributed by atoms with van der Waals surface area (Å²) in [5.74, 6) is 0. The number of piperidine rings is 1. The highest BCUT2D eigenvalue weighted by atomic mass is 32.2. The summed E-state index contributed by atoms with van der Waals surface area (Å²) in [6.45, 7) is 10.8. The molecule has 172 valence electrons. The fourth-order valence-electron chi connectivity index (χ4n) is 4.75. The predicted molar refractivity (Wildman–Crippen MR) is 126 cm³/mol. The first-order valence-electron chi connectivity index (χ1n) is 11.4. The van der Waals surface area contributed by atoms with Crippen LogP contribution in [0.2, 0.25) is 0 Å². The topological polar surface area (TPSA) is 60.9 Å². The summed E-state index contributed by atoms with van der Waals surface area (Å²) in [6, 6.07) is 12.2. The summed E-state index contributed by atoms with van der Waals surface area (Å²) < 4.78 is 28.1. The number of benzene rings is 2. The van der Waals surface area contributed by atoms with Gasteiger partial charge in [0.05, 0.1) is 4.90 Å². The van der Waals surface area contributed by atoms with E-state index < -0.39 is 10.0 Å². The van der Waals surface area contributed by atoms with Crippen LogP contribution in [0.25, 0.3) is 0 Å². The van der Waals surface area contributed by atoms with Crippen molar-refractivity contribution in [1.82, 2.24) is 14.1 Å². The van der Waals surface area contributed by atoms with Gasteiger partial charge in [0.25, 0.3) is 0 Å². The van der Waals surface area contributed by atoms with Crippen molar-refractivity contribution in [2.24, 2.45) is 0 Å². The molecule has 0 saturated carbocycles. The van der Waals surface area contributed by atoms with Crippen LogP contribution < -0.4 is 0 Å². The maximum atomic E-state index is 13.3. The van der Waals surface area contributed by atoms with Crippen LogP contribution in [0.1, 0.15) is 40.7 Å². The molecule has 7 heteroatoms. The van der Waals surface area contributed by atoms with Crippen molar-refractivity contribution in [3.8, 4) is 0 Å². The van der Waals surface area contributed by atoms with Crippen molar-refractivity contribution < 1.29 is 13.2 Å². The van der Waals surface area contributed by atoms with Crippen LogP contribution in [0.5, 0.6) is 0 Å². The van der Waals surface area contributed by atoms with E-state index in [-0.39, 0.29) is 12.1 Å². The summed E-state index contributed by atoms with van der Waals surface area (Å²) >= 11 is 0. The molecule has 0 N–H and O–H groups in total. The average Bonchev–Trinajstić information content (AvgIpc) is 3.12. The lowest BCUT2D eigenvalue weighted by molar-refractivity contribution is 0.153. The van der Waals surface area contributed by atoms with E-state index in [0.29, 0.717) is 50.5 Å². The van der Waals surface area contributed by atoms with Crippen LogP contribution in [0.4, 0.5) is 4.79 Å². The quantitative estimate of drug-likeness (QED) is 0.684. The molecule has 2 fully saturated rings. The van der Waals surface area contributed by atoms with E-state index in [4.69, 9.17) is 0 Å². The maximum absolute atomic E-state index is 13.3. The SMILES string of the molecule is Cc1ccc(CN2CCN(C3CCN(S(=O)(=O)c4cc(C)c(C)cc4C)CC3)C2=O)cc1. The fraction of sp³-hybridized carbons (Fsp3) is 0.480. The van der Waals surface area contributed by atoms with E-state index in [1.165, 1.54) is 5.56 Å². The van der Waals surface area contributed by atoms with Crippen LogP contribution in [0, 0.1) is 27.7 Å². The molecule has 0 atom stereocenters. The largest absolute Gasteiger partial charge is 0.320 e. The second-order valence-corrected chi connectivity index (χ2v) is 11.1. The second-order valence-electron chi connectivity index (χ2n) is 9.22. The number of hydrogen-bond acceptors (Lipinski definition) is 3. The molecule has 32 heavy (non-hydrogen) atoms. The van der Waals surface area contributed by atoms with Gasteiger partial charge in [0.15, 0.2) is 0 Å². The number of rotatable bonds is 5. The summed E-state index contributed by atoms with van der Waals surface area (Å²) in [7, 11) is -3.53. The monoisotopic (exact) mass is 455 g/mol. The number of nitrogens with zero attached hydrogens (tertiary/aromatic N) is 3. The van der Waals surface area contributed by atoms with Crippen molar-refractivity contribution in [3.05, 3.63) is 64.2 Å². The van der Waals surface area contributed by atoms with Gasteiger partial charge in [-0.25, -0.2) is 13.2 Å². The third-order valence-electron chi connectivity index (χ3n) is 6.89. The van der Waals surface area contributed by atoms with Crippen LogP contribution in [0.3, 0.4) is 0 Å². The highest BCUT2D eigenvalue weighted by Gasteiger charge is 2.38. The van der Waals surface area contributed by atoms with Gasteiger partial charge in [0, 0.05) is 38.8 Å². The van der Waals surface area contributed by atoms with Crippen molar-refractivity contribution >= 4 is 16.1 Å². The normalized spacial score (nSPS) is 18.6. The van der Waals surface area contributed by atoms with Crippen molar-refractivity contribution in [1.29, 1.82) is 0 Å². The molecule has 2 saturated heterocycles. The summed E-state index contributed by atoms with van der Waals surface area (Å²) in [6.07, 6.45) is 1.35. The Morgan fingerprint density at radius 3 is 2.12 bits per heavy atom. The van der Waals surface area contributed by atoms with Gasteiger partial charge in [0.1, 0.15) is 0 Å². The first-order valence-corrected chi connectivity index (χ1v) is 12.8. The van der Waals surface area contributed by atoms with Gasteiger partial charge < -0.3 is 9.80 Å². The van der Waals surface area contributed by atoms with Crippen molar-refractivity contribution in [2.45, 2.75) is 58.0 Å². The Kier molecular flexibility index (Phi) is 6.32. The Labute approximate surface area is 191 Å². The summed E-state index contributed by atoms with van der Waals surface area (Å²) in [5, 5.41) is 0. The third-order valence-corrected chi connectivity index (χ3v) is 8.94. The van der Waals surface area contributed by atoms with E-state index in [1.54, 1.807) is 10.4 Å². The zero-order chi connectivity index (χ0) is 23.0. The fourth-order valence-corrected chi connectivity index (χ4v) is 6.51. The first-order chi connectivity index (χ1) is 15.2. The molecule has 2 aromatic rings.